The molecule has 0 fully saturated rings. The molecule has 0 aliphatic heterocycles. The minimum absolute atomic E-state index is 0. The van der Waals surface area contributed by atoms with Crippen molar-refractivity contribution in [1.82, 2.24) is 30.6 Å². The molecule has 0 saturated heterocycles. The molecule has 0 spiro atoms. The van der Waals surface area contributed by atoms with Gasteiger partial charge in [-0.05, 0) is 24.0 Å². The minimum Gasteiger partial charge on any atom is -0.359 e. The number of nitrogens with one attached hydrogen (secondary N) is 2. The lowest BCUT2D eigenvalue weighted by atomic mass is 9.99. The van der Waals surface area contributed by atoms with Gasteiger partial charge in [0.25, 0.3) is 0 Å². The van der Waals surface area contributed by atoms with Crippen LogP contribution in [0.1, 0.15) is 55.2 Å². The van der Waals surface area contributed by atoms with E-state index in [1.165, 1.54) is 11.1 Å². The summed E-state index contributed by atoms with van der Waals surface area (Å²) < 4.78 is 7.27. The third-order valence-corrected chi connectivity index (χ3v) is 4.90. The summed E-state index contributed by atoms with van der Waals surface area (Å²) in [7, 11) is 1.76. The molecule has 0 unspecified atom stereocenters. The molecular weight excluding hydrogens is 493 g/mol. The molecule has 3 aromatic rings. The van der Waals surface area contributed by atoms with Crippen LogP contribution < -0.4 is 10.6 Å². The highest BCUT2D eigenvalue weighted by atomic mass is 127. The van der Waals surface area contributed by atoms with E-state index in [9.17, 15) is 0 Å². The topological polar surface area (TPSA) is 93.2 Å². The van der Waals surface area contributed by atoms with Gasteiger partial charge < -0.3 is 15.2 Å². The Morgan fingerprint density at radius 3 is 2.60 bits per heavy atom. The van der Waals surface area contributed by atoms with E-state index in [2.05, 4.69) is 62.9 Å². The van der Waals surface area contributed by atoms with Crippen molar-refractivity contribution in [3.8, 4) is 0 Å². The smallest absolute Gasteiger partial charge is 0.191 e. The Kier molecular flexibility index (Phi) is 9.78. The van der Waals surface area contributed by atoms with Crippen molar-refractivity contribution in [3.63, 3.8) is 0 Å². The highest BCUT2D eigenvalue weighted by molar-refractivity contribution is 14.0. The van der Waals surface area contributed by atoms with Crippen molar-refractivity contribution in [3.05, 3.63) is 65.6 Å². The van der Waals surface area contributed by atoms with Crippen molar-refractivity contribution in [1.29, 1.82) is 0 Å². The summed E-state index contributed by atoms with van der Waals surface area (Å²) in [4.78, 5) is 8.27. The van der Waals surface area contributed by atoms with Gasteiger partial charge in [0.2, 0.25) is 0 Å². The summed E-state index contributed by atoms with van der Waals surface area (Å²) in [5, 5.41) is 15.0. The van der Waals surface area contributed by atoms with Crippen LogP contribution in [0, 0.1) is 0 Å². The molecule has 0 aliphatic carbocycles. The van der Waals surface area contributed by atoms with Gasteiger partial charge in [0, 0.05) is 25.6 Å². The average Bonchev–Trinajstić information content (AvgIpc) is 3.42. The second kappa shape index (κ2) is 12.3. The Morgan fingerprint density at radius 2 is 1.90 bits per heavy atom. The first-order chi connectivity index (χ1) is 14.2. The van der Waals surface area contributed by atoms with Crippen LogP contribution in [0.2, 0.25) is 0 Å². The maximum atomic E-state index is 5.46. The van der Waals surface area contributed by atoms with Crippen LogP contribution in [0.3, 0.4) is 0 Å². The highest BCUT2D eigenvalue weighted by Gasteiger charge is 2.13. The predicted molar refractivity (Wildman–Crippen MR) is 128 cm³/mol. The molecule has 0 bridgehead atoms. The summed E-state index contributed by atoms with van der Waals surface area (Å²) in [6.07, 6.45) is 5.39. The lowest BCUT2D eigenvalue weighted by Crippen LogP contribution is -2.36. The quantitative estimate of drug-likeness (QED) is 0.253. The van der Waals surface area contributed by atoms with Crippen molar-refractivity contribution < 1.29 is 4.52 Å². The van der Waals surface area contributed by atoms with Crippen molar-refractivity contribution >= 4 is 29.9 Å². The monoisotopic (exact) mass is 523 g/mol. The molecular formula is C21H30IN7O. The molecule has 1 aromatic carbocycles. The van der Waals surface area contributed by atoms with Crippen LogP contribution in [-0.2, 0) is 19.6 Å². The first-order valence-electron chi connectivity index (χ1n) is 10.0. The zero-order chi connectivity index (χ0) is 20.5. The number of aliphatic imine (C=N–C) groups is 1. The van der Waals surface area contributed by atoms with Crippen LogP contribution in [0.5, 0.6) is 0 Å². The normalized spacial score (nSPS) is 11.4. The average molecular weight is 523 g/mol. The van der Waals surface area contributed by atoms with Gasteiger partial charge in [-0.25, -0.2) is 9.67 Å². The zero-order valence-corrected chi connectivity index (χ0v) is 20.0. The Hall–Kier alpha value is -2.43. The Labute approximate surface area is 194 Å². The fourth-order valence-corrected chi connectivity index (χ4v) is 3.23. The van der Waals surface area contributed by atoms with Crippen LogP contribution in [-0.4, -0.2) is 32.9 Å². The van der Waals surface area contributed by atoms with Gasteiger partial charge in [-0.1, -0.05) is 43.3 Å². The summed E-state index contributed by atoms with van der Waals surface area (Å²) >= 11 is 0. The molecule has 8 nitrogen and oxygen atoms in total. The van der Waals surface area contributed by atoms with Crippen LogP contribution in [0.15, 0.2) is 52.5 Å². The molecule has 2 N–H and O–H groups in total. The number of guanidine groups is 1. The SMILES string of the molecule is CCC(CC)c1cc(CNC(=NC)NCc2cccc(Cn3cncn3)c2)on1.I. The van der Waals surface area contributed by atoms with Gasteiger partial charge in [0.15, 0.2) is 11.7 Å². The number of benzene rings is 1. The maximum Gasteiger partial charge on any atom is 0.191 e. The molecule has 0 atom stereocenters. The summed E-state index contributed by atoms with van der Waals surface area (Å²) in [6, 6.07) is 10.4. The largest absolute Gasteiger partial charge is 0.359 e. The number of hydrogen-bond acceptors (Lipinski definition) is 5. The molecule has 0 aliphatic rings. The molecule has 162 valence electrons. The molecule has 30 heavy (non-hydrogen) atoms. The standard InChI is InChI=1S/C21H29N7O.HI/c1-4-18(5-2)20-10-19(29-27-20)12-25-21(22-3)24-11-16-7-6-8-17(9-16)13-28-15-23-14-26-28;/h6-10,14-15,18H,4-5,11-13H2,1-3H3,(H2,22,24,25);1H. The fourth-order valence-electron chi connectivity index (χ4n) is 3.23. The predicted octanol–water partition coefficient (Wildman–Crippen LogP) is 3.70. The summed E-state index contributed by atoms with van der Waals surface area (Å²) in [5.74, 6) is 1.98. The fraction of sp³-hybridized carbons (Fsp3) is 0.429. The van der Waals surface area contributed by atoms with E-state index in [0.717, 1.165) is 24.3 Å². The first kappa shape index (κ1) is 23.8. The Balaban J connectivity index is 0.00000320. The van der Waals surface area contributed by atoms with Gasteiger partial charge in [0.05, 0.1) is 18.8 Å². The number of halogens is 1. The van der Waals surface area contributed by atoms with Gasteiger partial charge in [-0.15, -0.1) is 24.0 Å². The summed E-state index contributed by atoms with van der Waals surface area (Å²) in [6.45, 7) is 6.26. The number of nitrogens with zero attached hydrogens (tertiary/aromatic N) is 5. The van der Waals surface area contributed by atoms with Gasteiger partial charge in [0.1, 0.15) is 12.7 Å². The van der Waals surface area contributed by atoms with Crippen molar-refractivity contribution in [2.24, 2.45) is 4.99 Å². The molecule has 2 aromatic heterocycles. The van der Waals surface area contributed by atoms with Gasteiger partial charge >= 0.3 is 0 Å². The van der Waals surface area contributed by atoms with E-state index < -0.39 is 0 Å². The molecule has 0 radical (unpaired) electrons. The minimum atomic E-state index is 0. The highest BCUT2D eigenvalue weighted by Crippen LogP contribution is 2.22. The van der Waals surface area contributed by atoms with E-state index in [1.54, 1.807) is 24.4 Å². The molecule has 2 heterocycles. The van der Waals surface area contributed by atoms with Gasteiger partial charge in [-0.2, -0.15) is 5.10 Å². The Bertz CT molecular complexity index is 904. The third-order valence-electron chi connectivity index (χ3n) is 4.90. The maximum absolute atomic E-state index is 5.46. The lowest BCUT2D eigenvalue weighted by Gasteiger charge is -2.11. The zero-order valence-electron chi connectivity index (χ0n) is 17.7. The van der Waals surface area contributed by atoms with Crippen LogP contribution in [0.4, 0.5) is 0 Å². The number of rotatable bonds is 9. The third kappa shape index (κ3) is 6.82. The van der Waals surface area contributed by atoms with E-state index in [1.807, 2.05) is 12.1 Å². The second-order valence-corrected chi connectivity index (χ2v) is 6.92. The molecule has 0 amide bonds. The van der Waals surface area contributed by atoms with E-state index in [0.29, 0.717) is 31.5 Å². The van der Waals surface area contributed by atoms with E-state index in [4.69, 9.17) is 4.52 Å². The molecule has 9 heteroatoms. The lowest BCUT2D eigenvalue weighted by molar-refractivity contribution is 0.368. The van der Waals surface area contributed by atoms with Crippen molar-refractivity contribution in [2.45, 2.75) is 52.2 Å². The number of hydrogen-bond donors (Lipinski definition) is 2. The van der Waals surface area contributed by atoms with Crippen LogP contribution >= 0.6 is 24.0 Å². The number of aromatic nitrogens is 4. The van der Waals surface area contributed by atoms with E-state index >= 15 is 0 Å². The van der Waals surface area contributed by atoms with Gasteiger partial charge in [-0.3, -0.25) is 4.99 Å². The molecule has 0 saturated carbocycles. The van der Waals surface area contributed by atoms with Crippen molar-refractivity contribution in [2.75, 3.05) is 7.05 Å². The second-order valence-electron chi connectivity index (χ2n) is 6.92. The molecule has 3 rings (SSSR count). The van der Waals surface area contributed by atoms with E-state index in [-0.39, 0.29) is 24.0 Å². The first-order valence-corrected chi connectivity index (χ1v) is 10.0. The van der Waals surface area contributed by atoms with Crippen LogP contribution in [0.25, 0.3) is 0 Å². The Morgan fingerprint density at radius 1 is 1.13 bits per heavy atom. The summed E-state index contributed by atoms with van der Waals surface area (Å²) in [5.41, 5.74) is 3.37.